The lowest BCUT2D eigenvalue weighted by atomic mass is 9.83. The van der Waals surface area contributed by atoms with Crippen LogP contribution >= 0.6 is 0 Å². The molecule has 0 N–H and O–H groups in total. The van der Waals surface area contributed by atoms with E-state index in [0.717, 1.165) is 23.1 Å². The Morgan fingerprint density at radius 1 is 1.12 bits per heavy atom. The van der Waals surface area contributed by atoms with Gasteiger partial charge in [0.2, 0.25) is 0 Å². The lowest BCUT2D eigenvalue weighted by Gasteiger charge is -2.44. The zero-order valence-corrected chi connectivity index (χ0v) is 19.6. The first-order valence-corrected chi connectivity index (χ1v) is 10.7. The van der Waals surface area contributed by atoms with E-state index in [1.54, 1.807) is 34.1 Å². The molecule has 0 bridgehead atoms. The standard InChI is InChI=1S/C26H32FNO4/c1-17-15-20-12-13-21(30-4)25(32-6)23(20)24(28(17)16-26(2,3)27)19-10-7-18(8-11-19)9-14-22(29)31-5/h7-14,17,24H,15-16H2,1-6H3/b14-9+. The number of alkyl halides is 1. The molecule has 2 atom stereocenters. The Balaban J connectivity index is 2.12. The van der Waals surface area contributed by atoms with Crippen LogP contribution in [-0.4, -0.2) is 50.5 Å². The summed E-state index contributed by atoms with van der Waals surface area (Å²) in [5.41, 5.74) is 2.70. The van der Waals surface area contributed by atoms with Gasteiger partial charge in [-0.25, -0.2) is 9.18 Å². The van der Waals surface area contributed by atoms with E-state index in [2.05, 4.69) is 22.6 Å². The highest BCUT2D eigenvalue weighted by atomic mass is 19.1. The number of carbonyl (C=O) groups is 1. The Morgan fingerprint density at radius 3 is 2.38 bits per heavy atom. The largest absolute Gasteiger partial charge is 0.493 e. The second-order valence-electron chi connectivity index (χ2n) is 8.74. The molecule has 1 aliphatic rings. The molecule has 2 aromatic carbocycles. The van der Waals surface area contributed by atoms with Crippen molar-refractivity contribution in [1.29, 1.82) is 0 Å². The number of hydrogen-bond donors (Lipinski definition) is 0. The molecular weight excluding hydrogens is 409 g/mol. The van der Waals surface area contributed by atoms with Gasteiger partial charge in [0.25, 0.3) is 0 Å². The van der Waals surface area contributed by atoms with Crippen molar-refractivity contribution in [3.05, 3.63) is 64.7 Å². The van der Waals surface area contributed by atoms with Crippen LogP contribution in [0.25, 0.3) is 6.08 Å². The highest BCUT2D eigenvalue weighted by Crippen LogP contribution is 2.47. The minimum absolute atomic E-state index is 0.138. The molecule has 6 heteroatoms. The maximum atomic E-state index is 14.9. The maximum Gasteiger partial charge on any atom is 0.330 e. The molecular formula is C26H32FNO4. The van der Waals surface area contributed by atoms with Gasteiger partial charge in [0.05, 0.1) is 27.4 Å². The smallest absolute Gasteiger partial charge is 0.330 e. The number of methoxy groups -OCH3 is 3. The molecule has 0 spiro atoms. The van der Waals surface area contributed by atoms with Crippen LogP contribution < -0.4 is 9.47 Å². The van der Waals surface area contributed by atoms with E-state index < -0.39 is 11.6 Å². The highest BCUT2D eigenvalue weighted by molar-refractivity contribution is 5.86. The van der Waals surface area contributed by atoms with Gasteiger partial charge in [-0.1, -0.05) is 30.3 Å². The number of hydrogen-bond acceptors (Lipinski definition) is 5. The van der Waals surface area contributed by atoms with Crippen molar-refractivity contribution in [2.24, 2.45) is 0 Å². The second-order valence-corrected chi connectivity index (χ2v) is 8.74. The van der Waals surface area contributed by atoms with E-state index in [-0.39, 0.29) is 18.6 Å². The van der Waals surface area contributed by atoms with Gasteiger partial charge in [0, 0.05) is 24.2 Å². The van der Waals surface area contributed by atoms with Crippen LogP contribution in [0.5, 0.6) is 11.5 Å². The molecule has 0 radical (unpaired) electrons. The first kappa shape index (κ1) is 23.8. The number of ether oxygens (including phenoxy) is 3. The monoisotopic (exact) mass is 441 g/mol. The van der Waals surface area contributed by atoms with Crippen LogP contribution in [0.4, 0.5) is 4.39 Å². The van der Waals surface area contributed by atoms with Crippen molar-refractivity contribution in [2.75, 3.05) is 27.9 Å². The van der Waals surface area contributed by atoms with Crippen LogP contribution in [0.1, 0.15) is 49.1 Å². The summed E-state index contributed by atoms with van der Waals surface area (Å²) in [6.45, 7) is 5.63. The summed E-state index contributed by atoms with van der Waals surface area (Å²) in [6.07, 6.45) is 3.89. The molecule has 0 saturated heterocycles. The van der Waals surface area contributed by atoms with Crippen molar-refractivity contribution in [3.8, 4) is 11.5 Å². The fourth-order valence-corrected chi connectivity index (χ4v) is 4.39. The van der Waals surface area contributed by atoms with Crippen molar-refractivity contribution < 1.29 is 23.4 Å². The fraction of sp³-hybridized carbons (Fsp3) is 0.423. The Labute approximate surface area is 189 Å². The van der Waals surface area contributed by atoms with E-state index in [1.165, 1.54) is 18.7 Å². The van der Waals surface area contributed by atoms with E-state index in [9.17, 15) is 9.18 Å². The van der Waals surface area contributed by atoms with Crippen LogP contribution in [0, 0.1) is 0 Å². The SMILES string of the molecule is COC(=O)/C=C/c1ccc(C2c3c(ccc(OC)c3OC)CC(C)N2CC(C)(C)F)cc1. The molecule has 1 aliphatic heterocycles. The molecule has 3 rings (SSSR count). The molecule has 1 heterocycles. The van der Waals surface area contributed by atoms with Crippen molar-refractivity contribution in [2.45, 2.75) is 44.9 Å². The van der Waals surface area contributed by atoms with Crippen LogP contribution in [0.3, 0.4) is 0 Å². The molecule has 0 amide bonds. The molecule has 2 unspecified atom stereocenters. The molecule has 0 saturated carbocycles. The third-order valence-electron chi connectivity index (χ3n) is 5.78. The molecule has 0 aliphatic carbocycles. The summed E-state index contributed by atoms with van der Waals surface area (Å²) in [5.74, 6) is 0.929. The van der Waals surface area contributed by atoms with E-state index in [1.807, 2.05) is 30.3 Å². The van der Waals surface area contributed by atoms with Gasteiger partial charge in [-0.15, -0.1) is 0 Å². The summed E-state index contributed by atoms with van der Waals surface area (Å²) in [5, 5.41) is 0. The Hall–Kier alpha value is -2.86. The van der Waals surface area contributed by atoms with E-state index in [0.29, 0.717) is 11.5 Å². The van der Waals surface area contributed by atoms with Gasteiger partial charge in [0.1, 0.15) is 5.67 Å². The number of nitrogens with zero attached hydrogens (tertiary/aromatic N) is 1. The van der Waals surface area contributed by atoms with Gasteiger partial charge < -0.3 is 14.2 Å². The zero-order valence-electron chi connectivity index (χ0n) is 19.6. The number of esters is 1. The predicted molar refractivity (Wildman–Crippen MR) is 124 cm³/mol. The van der Waals surface area contributed by atoms with E-state index in [4.69, 9.17) is 9.47 Å². The fourth-order valence-electron chi connectivity index (χ4n) is 4.39. The first-order valence-electron chi connectivity index (χ1n) is 10.7. The molecule has 0 aromatic heterocycles. The van der Waals surface area contributed by atoms with Crippen LogP contribution in [0.2, 0.25) is 0 Å². The minimum Gasteiger partial charge on any atom is -0.493 e. The Bertz CT molecular complexity index is 979. The third kappa shape index (κ3) is 5.13. The van der Waals surface area contributed by atoms with Crippen molar-refractivity contribution >= 4 is 12.0 Å². The quantitative estimate of drug-likeness (QED) is 0.448. The number of halogens is 1. The normalized spacial score (nSPS) is 19.0. The number of rotatable bonds is 7. The van der Waals surface area contributed by atoms with Gasteiger partial charge in [-0.05, 0) is 56.0 Å². The van der Waals surface area contributed by atoms with Crippen LogP contribution in [0.15, 0.2) is 42.5 Å². The molecule has 32 heavy (non-hydrogen) atoms. The summed E-state index contributed by atoms with van der Waals surface area (Å²) in [4.78, 5) is 13.6. The van der Waals surface area contributed by atoms with Crippen LogP contribution in [-0.2, 0) is 16.0 Å². The number of carbonyl (C=O) groups excluding carboxylic acids is 1. The van der Waals surface area contributed by atoms with Gasteiger partial charge >= 0.3 is 5.97 Å². The first-order chi connectivity index (χ1) is 15.2. The average molecular weight is 442 g/mol. The summed E-state index contributed by atoms with van der Waals surface area (Å²) in [6, 6.07) is 11.9. The Kier molecular flexibility index (Phi) is 7.24. The topological polar surface area (TPSA) is 48.0 Å². The molecule has 0 fully saturated rings. The average Bonchev–Trinajstić information content (AvgIpc) is 2.76. The molecule has 5 nitrogen and oxygen atoms in total. The summed E-state index contributed by atoms with van der Waals surface area (Å²) < 4.78 is 30.9. The number of fused-ring (bicyclic) bond motifs is 1. The lowest BCUT2D eigenvalue weighted by Crippen LogP contribution is -2.47. The van der Waals surface area contributed by atoms with Gasteiger partial charge in [0.15, 0.2) is 11.5 Å². The van der Waals surface area contributed by atoms with Crippen molar-refractivity contribution in [3.63, 3.8) is 0 Å². The lowest BCUT2D eigenvalue weighted by molar-refractivity contribution is -0.134. The Morgan fingerprint density at radius 2 is 1.81 bits per heavy atom. The van der Waals surface area contributed by atoms with E-state index >= 15 is 0 Å². The molecule has 2 aromatic rings. The predicted octanol–water partition coefficient (Wildman–Crippen LogP) is 4.97. The zero-order chi connectivity index (χ0) is 23.5. The van der Waals surface area contributed by atoms with Gasteiger partial charge in [-0.3, -0.25) is 4.90 Å². The minimum atomic E-state index is -1.36. The summed E-state index contributed by atoms with van der Waals surface area (Å²) >= 11 is 0. The summed E-state index contributed by atoms with van der Waals surface area (Å²) in [7, 11) is 4.60. The highest BCUT2D eigenvalue weighted by Gasteiger charge is 2.39. The maximum absolute atomic E-state index is 14.9. The molecule has 172 valence electrons. The second kappa shape index (κ2) is 9.74. The van der Waals surface area contributed by atoms with Gasteiger partial charge in [-0.2, -0.15) is 0 Å². The third-order valence-corrected chi connectivity index (χ3v) is 5.78. The number of benzene rings is 2. The van der Waals surface area contributed by atoms with Crippen molar-refractivity contribution in [1.82, 2.24) is 4.90 Å².